The Morgan fingerprint density at radius 2 is 1.73 bits per heavy atom. The fourth-order valence-corrected chi connectivity index (χ4v) is 2.46. The molecule has 22 heavy (non-hydrogen) atoms. The summed E-state index contributed by atoms with van der Waals surface area (Å²) in [5.74, 6) is 0. The second-order valence-electron chi connectivity index (χ2n) is 7.06. The quantitative estimate of drug-likeness (QED) is 0.873. The van der Waals surface area contributed by atoms with E-state index in [0.717, 1.165) is 6.54 Å². The van der Waals surface area contributed by atoms with Crippen molar-refractivity contribution in [3.63, 3.8) is 0 Å². The van der Waals surface area contributed by atoms with Crippen LogP contribution >= 0.6 is 0 Å². The van der Waals surface area contributed by atoms with Crippen molar-refractivity contribution in [1.29, 1.82) is 0 Å². The topological polar surface area (TPSA) is 50.4 Å². The van der Waals surface area contributed by atoms with E-state index in [9.17, 15) is 4.79 Å². The summed E-state index contributed by atoms with van der Waals surface area (Å²) in [5, 5.41) is 6.24. The first-order chi connectivity index (χ1) is 10.1. The number of carbonyl (C=O) groups is 1. The molecule has 2 N–H and O–H groups in total. The molecule has 1 atom stereocenters. The van der Waals surface area contributed by atoms with Crippen LogP contribution in [0.25, 0.3) is 0 Å². The fourth-order valence-electron chi connectivity index (χ4n) is 2.46. The minimum atomic E-state index is -0.465. The molecule has 1 amide bonds. The van der Waals surface area contributed by atoms with Gasteiger partial charge in [0.2, 0.25) is 0 Å². The Morgan fingerprint density at radius 3 is 2.23 bits per heavy atom. The second-order valence-corrected chi connectivity index (χ2v) is 7.06. The van der Waals surface area contributed by atoms with Crippen LogP contribution in [0.2, 0.25) is 0 Å². The van der Waals surface area contributed by atoms with E-state index in [1.165, 1.54) is 22.3 Å². The van der Waals surface area contributed by atoms with Crippen molar-refractivity contribution >= 4 is 6.09 Å². The van der Waals surface area contributed by atoms with E-state index in [0.29, 0.717) is 6.54 Å². The molecule has 0 spiro atoms. The number of alkyl carbamates (subject to hydrolysis) is 1. The average molecular weight is 306 g/mol. The molecule has 0 aliphatic carbocycles. The molecule has 1 unspecified atom stereocenters. The maximum Gasteiger partial charge on any atom is 0.407 e. The van der Waals surface area contributed by atoms with E-state index >= 15 is 0 Å². The van der Waals surface area contributed by atoms with Gasteiger partial charge in [0.05, 0.1) is 0 Å². The number of nitrogens with one attached hydrogen (secondary N) is 2. The lowest BCUT2D eigenvalue weighted by atomic mass is 10.00. The molecule has 1 aromatic carbocycles. The first-order valence-corrected chi connectivity index (χ1v) is 7.85. The summed E-state index contributed by atoms with van der Waals surface area (Å²) in [6, 6.07) is 4.42. The second kappa shape index (κ2) is 7.63. The molecule has 0 saturated carbocycles. The SMILES string of the molecule is Cc1cc(C)c(CNCC(C)NC(=O)OC(C)(C)C)c(C)c1. The highest BCUT2D eigenvalue weighted by atomic mass is 16.6. The van der Waals surface area contributed by atoms with Gasteiger partial charge in [-0.1, -0.05) is 17.7 Å². The summed E-state index contributed by atoms with van der Waals surface area (Å²) in [5.41, 5.74) is 4.76. The molecule has 4 nitrogen and oxygen atoms in total. The van der Waals surface area contributed by atoms with Crippen LogP contribution in [0.3, 0.4) is 0 Å². The van der Waals surface area contributed by atoms with Gasteiger partial charge < -0.3 is 15.4 Å². The highest BCUT2D eigenvalue weighted by Gasteiger charge is 2.17. The van der Waals surface area contributed by atoms with Gasteiger partial charge in [-0.25, -0.2) is 4.79 Å². The molecule has 0 aliphatic heterocycles. The first-order valence-electron chi connectivity index (χ1n) is 7.85. The highest BCUT2D eigenvalue weighted by Crippen LogP contribution is 2.16. The van der Waals surface area contributed by atoms with Crippen molar-refractivity contribution in [2.24, 2.45) is 0 Å². The van der Waals surface area contributed by atoms with Crippen LogP contribution in [0.5, 0.6) is 0 Å². The number of aryl methyl sites for hydroxylation is 3. The third-order valence-electron chi connectivity index (χ3n) is 3.36. The summed E-state index contributed by atoms with van der Waals surface area (Å²) in [4.78, 5) is 11.7. The van der Waals surface area contributed by atoms with E-state index in [1.807, 2.05) is 27.7 Å². The van der Waals surface area contributed by atoms with Gasteiger partial charge in [0.15, 0.2) is 0 Å². The first kappa shape index (κ1) is 18.5. The van der Waals surface area contributed by atoms with Crippen molar-refractivity contribution in [3.05, 3.63) is 34.4 Å². The van der Waals surface area contributed by atoms with Gasteiger partial charge in [0, 0.05) is 19.1 Å². The molecule has 4 heteroatoms. The highest BCUT2D eigenvalue weighted by molar-refractivity contribution is 5.68. The van der Waals surface area contributed by atoms with Crippen LogP contribution in [0.15, 0.2) is 12.1 Å². The molecule has 0 aromatic heterocycles. The van der Waals surface area contributed by atoms with Crippen molar-refractivity contribution in [1.82, 2.24) is 10.6 Å². The lowest BCUT2D eigenvalue weighted by Crippen LogP contribution is -2.42. The van der Waals surface area contributed by atoms with Gasteiger partial charge in [0.1, 0.15) is 5.60 Å². The van der Waals surface area contributed by atoms with Crippen LogP contribution in [0.1, 0.15) is 49.9 Å². The Kier molecular flexibility index (Phi) is 6.42. The molecule has 0 bridgehead atoms. The maximum atomic E-state index is 11.7. The Bertz CT molecular complexity index is 495. The van der Waals surface area contributed by atoms with E-state index < -0.39 is 5.60 Å². The van der Waals surface area contributed by atoms with Crippen molar-refractivity contribution in [2.45, 2.75) is 66.7 Å². The smallest absolute Gasteiger partial charge is 0.407 e. The monoisotopic (exact) mass is 306 g/mol. The number of carbonyl (C=O) groups excluding carboxylic acids is 1. The number of hydrogen-bond acceptors (Lipinski definition) is 3. The summed E-state index contributed by atoms with van der Waals surface area (Å²) >= 11 is 0. The molecule has 0 heterocycles. The molecular formula is C18H30N2O2. The van der Waals surface area contributed by atoms with Crippen molar-refractivity contribution < 1.29 is 9.53 Å². The minimum absolute atomic E-state index is 0.0147. The number of hydrogen-bond donors (Lipinski definition) is 2. The van der Waals surface area contributed by atoms with Crippen molar-refractivity contribution in [2.75, 3.05) is 6.54 Å². The van der Waals surface area contributed by atoms with Crippen LogP contribution in [0.4, 0.5) is 4.79 Å². The summed E-state index contributed by atoms with van der Waals surface area (Å²) < 4.78 is 5.25. The van der Waals surface area contributed by atoms with Crippen LogP contribution < -0.4 is 10.6 Å². The van der Waals surface area contributed by atoms with Crippen LogP contribution in [-0.4, -0.2) is 24.3 Å². The summed E-state index contributed by atoms with van der Waals surface area (Å²) in [6.07, 6.45) is -0.371. The largest absolute Gasteiger partial charge is 0.444 e. The normalized spacial score (nSPS) is 12.9. The zero-order valence-corrected chi connectivity index (χ0v) is 15.0. The third kappa shape index (κ3) is 6.48. The Labute approximate surface area is 134 Å². The fraction of sp³-hybridized carbons (Fsp3) is 0.611. The van der Waals surface area contributed by atoms with E-state index in [1.54, 1.807) is 0 Å². The molecule has 1 aromatic rings. The van der Waals surface area contributed by atoms with Gasteiger partial charge in [0.25, 0.3) is 0 Å². The Morgan fingerprint density at radius 1 is 1.18 bits per heavy atom. The maximum absolute atomic E-state index is 11.7. The number of rotatable bonds is 5. The van der Waals surface area contributed by atoms with Crippen LogP contribution in [-0.2, 0) is 11.3 Å². The molecule has 0 saturated heterocycles. The molecule has 1 rings (SSSR count). The zero-order chi connectivity index (χ0) is 16.9. The van der Waals surface area contributed by atoms with E-state index in [2.05, 4.69) is 43.5 Å². The third-order valence-corrected chi connectivity index (χ3v) is 3.36. The molecule has 124 valence electrons. The van der Waals surface area contributed by atoms with Crippen LogP contribution in [0, 0.1) is 20.8 Å². The Hall–Kier alpha value is -1.55. The van der Waals surface area contributed by atoms with Crippen molar-refractivity contribution in [3.8, 4) is 0 Å². The molecule has 0 radical (unpaired) electrons. The predicted octanol–water partition coefficient (Wildman–Crippen LogP) is 3.61. The lowest BCUT2D eigenvalue weighted by Gasteiger charge is -2.22. The molecule has 0 aliphatic rings. The van der Waals surface area contributed by atoms with Gasteiger partial charge in [-0.3, -0.25) is 0 Å². The van der Waals surface area contributed by atoms with E-state index in [4.69, 9.17) is 4.74 Å². The van der Waals surface area contributed by atoms with Gasteiger partial charge in [-0.15, -0.1) is 0 Å². The van der Waals surface area contributed by atoms with E-state index in [-0.39, 0.29) is 12.1 Å². The number of amides is 1. The average Bonchev–Trinajstić information content (AvgIpc) is 2.29. The molecule has 0 fully saturated rings. The van der Waals surface area contributed by atoms with Gasteiger partial charge in [-0.2, -0.15) is 0 Å². The lowest BCUT2D eigenvalue weighted by molar-refractivity contribution is 0.0508. The van der Waals surface area contributed by atoms with Gasteiger partial charge >= 0.3 is 6.09 Å². The minimum Gasteiger partial charge on any atom is -0.444 e. The zero-order valence-electron chi connectivity index (χ0n) is 15.0. The number of ether oxygens (including phenoxy) is 1. The summed E-state index contributed by atoms with van der Waals surface area (Å²) in [6.45, 7) is 15.4. The predicted molar refractivity (Wildman–Crippen MR) is 91.2 cm³/mol. The summed E-state index contributed by atoms with van der Waals surface area (Å²) in [7, 11) is 0. The van der Waals surface area contributed by atoms with Gasteiger partial charge in [-0.05, 0) is 65.2 Å². The standard InChI is InChI=1S/C18H30N2O2/c1-12-8-13(2)16(14(3)9-12)11-19-10-15(4)20-17(21)22-18(5,6)7/h8-9,15,19H,10-11H2,1-7H3,(H,20,21). The molecular weight excluding hydrogens is 276 g/mol. The number of benzene rings is 1. The Balaban J connectivity index is 2.43.